The van der Waals surface area contributed by atoms with Crippen molar-refractivity contribution in [2.45, 2.75) is 25.6 Å². The first kappa shape index (κ1) is 21.4. The van der Waals surface area contributed by atoms with E-state index in [0.717, 1.165) is 27.8 Å². The number of amides is 2. The standard InChI is InChI=1S/C26H24N6O2/c27-25(33)24-14-22(30-32(24)20-6-2-1-3-7-20)26(34)28-15-18-10-12-19(13-11-18)16-31-17-29-21-8-4-5-9-23(21)31/h1-13,17,24H,14-16H2,(H2,27,33)(H,28,34)/t24-/m0/s1. The minimum Gasteiger partial charge on any atom is -0.368 e. The van der Waals surface area contributed by atoms with Gasteiger partial charge in [-0.05, 0) is 35.4 Å². The Morgan fingerprint density at radius 1 is 0.941 bits per heavy atom. The Morgan fingerprint density at radius 2 is 1.65 bits per heavy atom. The van der Waals surface area contributed by atoms with Crippen LogP contribution in [0.4, 0.5) is 5.69 Å². The monoisotopic (exact) mass is 452 g/mol. The molecule has 34 heavy (non-hydrogen) atoms. The molecule has 1 aliphatic rings. The number of rotatable bonds is 7. The first-order valence-electron chi connectivity index (χ1n) is 11.1. The lowest BCUT2D eigenvalue weighted by atomic mass is 10.1. The van der Waals surface area contributed by atoms with Crippen LogP contribution in [0.2, 0.25) is 0 Å². The third-order valence-electron chi connectivity index (χ3n) is 5.88. The largest absolute Gasteiger partial charge is 0.368 e. The molecule has 3 aromatic carbocycles. The summed E-state index contributed by atoms with van der Waals surface area (Å²) in [6.45, 7) is 1.08. The number of nitrogens with one attached hydrogen (secondary N) is 1. The fraction of sp³-hybridized carbons (Fsp3) is 0.154. The first-order valence-corrected chi connectivity index (χ1v) is 11.1. The van der Waals surface area contributed by atoms with Gasteiger partial charge in [0.15, 0.2) is 0 Å². The van der Waals surface area contributed by atoms with Crippen LogP contribution in [0.1, 0.15) is 17.5 Å². The molecule has 1 aliphatic heterocycles. The van der Waals surface area contributed by atoms with Gasteiger partial charge in [-0.1, -0.05) is 54.6 Å². The molecule has 2 amide bonds. The zero-order chi connectivity index (χ0) is 23.5. The molecule has 8 heteroatoms. The fourth-order valence-electron chi connectivity index (χ4n) is 4.07. The highest BCUT2D eigenvalue weighted by molar-refractivity contribution is 6.40. The number of imidazole rings is 1. The van der Waals surface area contributed by atoms with E-state index in [4.69, 9.17) is 5.73 Å². The van der Waals surface area contributed by atoms with Crippen LogP contribution in [0.5, 0.6) is 0 Å². The SMILES string of the molecule is NC(=O)[C@@H]1CC(C(=O)NCc2ccc(Cn3cnc4ccccc43)cc2)=NN1c1ccccc1. The topological polar surface area (TPSA) is 106 Å². The average Bonchev–Trinajstić information content (AvgIpc) is 3.49. The number of fused-ring (bicyclic) bond motifs is 1. The van der Waals surface area contributed by atoms with Gasteiger partial charge in [0.2, 0.25) is 5.91 Å². The van der Waals surface area contributed by atoms with Crippen LogP contribution in [-0.2, 0) is 22.7 Å². The minimum absolute atomic E-state index is 0.174. The minimum atomic E-state index is -0.679. The molecule has 0 unspecified atom stereocenters. The molecule has 0 saturated heterocycles. The van der Waals surface area contributed by atoms with E-state index in [1.165, 1.54) is 5.01 Å². The molecule has 170 valence electrons. The molecule has 2 heterocycles. The molecule has 0 radical (unpaired) electrons. The van der Waals surface area contributed by atoms with Crippen molar-refractivity contribution in [1.29, 1.82) is 0 Å². The van der Waals surface area contributed by atoms with Gasteiger partial charge < -0.3 is 15.6 Å². The molecule has 4 aromatic rings. The van der Waals surface area contributed by atoms with Crippen LogP contribution in [0.25, 0.3) is 11.0 Å². The van der Waals surface area contributed by atoms with Gasteiger partial charge >= 0.3 is 0 Å². The number of benzene rings is 3. The highest BCUT2D eigenvalue weighted by atomic mass is 16.2. The van der Waals surface area contributed by atoms with Crippen molar-refractivity contribution in [1.82, 2.24) is 14.9 Å². The van der Waals surface area contributed by atoms with Crippen LogP contribution < -0.4 is 16.1 Å². The number of anilines is 1. The quantitative estimate of drug-likeness (QED) is 0.450. The summed E-state index contributed by atoms with van der Waals surface area (Å²) >= 11 is 0. The Hall–Kier alpha value is -4.46. The van der Waals surface area contributed by atoms with Crippen molar-refractivity contribution in [3.05, 3.63) is 96.3 Å². The summed E-state index contributed by atoms with van der Waals surface area (Å²) < 4.78 is 2.11. The van der Waals surface area contributed by atoms with Crippen molar-refractivity contribution in [2.75, 3.05) is 5.01 Å². The summed E-state index contributed by atoms with van der Waals surface area (Å²) in [5, 5.41) is 8.80. The third kappa shape index (κ3) is 4.38. The van der Waals surface area contributed by atoms with Crippen LogP contribution in [-0.4, -0.2) is 33.1 Å². The summed E-state index contributed by atoms with van der Waals surface area (Å²) in [6, 6.07) is 24.7. The van der Waals surface area contributed by atoms with Crippen molar-refractivity contribution in [2.24, 2.45) is 10.8 Å². The van der Waals surface area contributed by atoms with Gasteiger partial charge in [0, 0.05) is 19.5 Å². The van der Waals surface area contributed by atoms with Gasteiger partial charge in [-0.3, -0.25) is 14.6 Å². The molecule has 0 fully saturated rings. The van der Waals surface area contributed by atoms with E-state index in [9.17, 15) is 9.59 Å². The number of carbonyl (C=O) groups excluding carboxylic acids is 2. The van der Waals surface area contributed by atoms with Crippen LogP contribution >= 0.6 is 0 Å². The lowest BCUT2D eigenvalue weighted by Gasteiger charge is -2.20. The van der Waals surface area contributed by atoms with Crippen molar-refractivity contribution in [3.8, 4) is 0 Å². The summed E-state index contributed by atoms with van der Waals surface area (Å²) in [5.74, 6) is -0.824. The fourth-order valence-corrected chi connectivity index (χ4v) is 4.07. The molecule has 0 saturated carbocycles. The Kier molecular flexibility index (Phi) is 5.78. The molecule has 8 nitrogen and oxygen atoms in total. The van der Waals surface area contributed by atoms with Gasteiger partial charge in [-0.15, -0.1) is 0 Å². The van der Waals surface area contributed by atoms with E-state index < -0.39 is 11.9 Å². The number of aromatic nitrogens is 2. The second-order valence-corrected chi connectivity index (χ2v) is 8.21. The highest BCUT2D eigenvalue weighted by Crippen LogP contribution is 2.24. The predicted molar refractivity (Wildman–Crippen MR) is 131 cm³/mol. The highest BCUT2D eigenvalue weighted by Gasteiger charge is 2.34. The molecule has 1 atom stereocenters. The second kappa shape index (κ2) is 9.19. The maximum atomic E-state index is 12.7. The Morgan fingerprint density at radius 3 is 2.41 bits per heavy atom. The van der Waals surface area contributed by atoms with E-state index in [2.05, 4.69) is 26.0 Å². The van der Waals surface area contributed by atoms with Crippen molar-refractivity contribution in [3.63, 3.8) is 0 Å². The van der Waals surface area contributed by atoms with Gasteiger partial charge in [-0.25, -0.2) is 4.98 Å². The van der Waals surface area contributed by atoms with Crippen molar-refractivity contribution >= 4 is 34.2 Å². The number of hydrogen-bond donors (Lipinski definition) is 2. The van der Waals surface area contributed by atoms with E-state index in [0.29, 0.717) is 13.1 Å². The molecular weight excluding hydrogens is 428 g/mol. The van der Waals surface area contributed by atoms with Crippen molar-refractivity contribution < 1.29 is 9.59 Å². The van der Waals surface area contributed by atoms with Crippen LogP contribution in [0, 0.1) is 0 Å². The number of hydrogen-bond acceptors (Lipinski definition) is 5. The molecule has 1 aromatic heterocycles. The number of carbonyl (C=O) groups is 2. The summed E-state index contributed by atoms with van der Waals surface area (Å²) in [5.41, 5.74) is 10.7. The van der Waals surface area contributed by atoms with Gasteiger partial charge in [0.25, 0.3) is 5.91 Å². The summed E-state index contributed by atoms with van der Waals surface area (Å²) in [7, 11) is 0. The second-order valence-electron chi connectivity index (χ2n) is 8.21. The molecule has 3 N–H and O–H groups in total. The number of primary amides is 1. The third-order valence-corrected chi connectivity index (χ3v) is 5.88. The first-order chi connectivity index (χ1) is 16.6. The van der Waals surface area contributed by atoms with Gasteiger partial charge in [0.05, 0.1) is 23.0 Å². The molecule has 0 aliphatic carbocycles. The Bertz CT molecular complexity index is 1360. The Labute approximate surface area is 196 Å². The maximum Gasteiger partial charge on any atom is 0.267 e. The Balaban J connectivity index is 1.22. The summed E-state index contributed by atoms with van der Waals surface area (Å²) in [6.07, 6.45) is 2.02. The zero-order valence-electron chi connectivity index (χ0n) is 18.5. The van der Waals surface area contributed by atoms with Gasteiger partial charge in [0.1, 0.15) is 11.8 Å². The summed E-state index contributed by atoms with van der Waals surface area (Å²) in [4.78, 5) is 29.1. The van der Waals surface area contributed by atoms with Gasteiger partial charge in [-0.2, -0.15) is 5.10 Å². The molecule has 0 bridgehead atoms. The van der Waals surface area contributed by atoms with E-state index in [-0.39, 0.29) is 18.0 Å². The van der Waals surface area contributed by atoms with E-state index in [1.54, 1.807) is 0 Å². The number of nitrogens with two attached hydrogens (primary N) is 1. The number of hydrazone groups is 1. The van der Waals surface area contributed by atoms with E-state index >= 15 is 0 Å². The normalized spacial score (nSPS) is 15.4. The molecule has 5 rings (SSSR count). The molecule has 0 spiro atoms. The molecular formula is C26H24N6O2. The van der Waals surface area contributed by atoms with Crippen LogP contribution in [0.15, 0.2) is 90.3 Å². The number of nitrogens with zero attached hydrogens (tertiary/aromatic N) is 4. The smallest absolute Gasteiger partial charge is 0.267 e. The predicted octanol–water partition coefficient (Wildman–Crippen LogP) is 2.82. The number of para-hydroxylation sites is 3. The lowest BCUT2D eigenvalue weighted by Crippen LogP contribution is -2.39. The average molecular weight is 453 g/mol. The van der Waals surface area contributed by atoms with E-state index in [1.807, 2.05) is 79.1 Å². The van der Waals surface area contributed by atoms with Crippen LogP contribution in [0.3, 0.4) is 0 Å². The zero-order valence-corrected chi connectivity index (χ0v) is 18.5. The lowest BCUT2D eigenvalue weighted by molar-refractivity contribution is -0.119. The maximum absolute atomic E-state index is 12.7.